The van der Waals surface area contributed by atoms with Gasteiger partial charge in [0.1, 0.15) is 11.6 Å². The van der Waals surface area contributed by atoms with Gasteiger partial charge < -0.3 is 4.98 Å². The number of carbonyl (C=O) groups excluding carboxylic acids is 1. The molecule has 5 nitrogen and oxygen atoms in total. The molecule has 0 saturated carbocycles. The lowest BCUT2D eigenvalue weighted by Gasteiger charge is -2.11. The number of hydrazone groups is 1. The van der Waals surface area contributed by atoms with E-state index in [1.165, 1.54) is 17.1 Å². The third-order valence-corrected chi connectivity index (χ3v) is 4.13. The van der Waals surface area contributed by atoms with Crippen molar-refractivity contribution in [3.8, 4) is 0 Å². The van der Waals surface area contributed by atoms with Gasteiger partial charge in [-0.15, -0.1) is 0 Å². The molecule has 0 aliphatic carbocycles. The van der Waals surface area contributed by atoms with E-state index >= 15 is 0 Å². The topological polar surface area (TPSA) is 61.4 Å². The number of imidazole rings is 1. The highest BCUT2D eigenvalue weighted by Gasteiger charge is 2.22. The second-order valence-electron chi connectivity index (χ2n) is 5.90. The highest BCUT2D eigenvalue weighted by molar-refractivity contribution is 6.02. The van der Waals surface area contributed by atoms with Crippen LogP contribution in [0.15, 0.2) is 47.8 Å². The highest BCUT2D eigenvalue weighted by Crippen LogP contribution is 2.18. The summed E-state index contributed by atoms with van der Waals surface area (Å²) in [5, 5.41) is 5.59. The van der Waals surface area contributed by atoms with Crippen LogP contribution in [0.1, 0.15) is 17.5 Å². The van der Waals surface area contributed by atoms with Gasteiger partial charge in [0, 0.05) is 18.1 Å². The number of aromatic nitrogens is 2. The predicted octanol–water partition coefficient (Wildman–Crippen LogP) is 3.02. The largest absolute Gasteiger partial charge is 0.345 e. The average molecular weight is 340 g/mol. The molecule has 1 aromatic heterocycles. The maximum atomic E-state index is 13.3. The molecule has 0 saturated heterocycles. The molecule has 0 unspecified atom stereocenters. The number of aromatic amines is 1. The number of H-pyrrole nitrogens is 1. The molecule has 2 heterocycles. The number of halogens is 2. The van der Waals surface area contributed by atoms with Crippen molar-refractivity contribution in [2.24, 2.45) is 5.10 Å². The maximum absolute atomic E-state index is 13.3. The van der Waals surface area contributed by atoms with Gasteiger partial charge in [0.05, 0.1) is 36.0 Å². The van der Waals surface area contributed by atoms with E-state index in [0.717, 1.165) is 22.7 Å². The second kappa shape index (κ2) is 6.08. The Bertz CT molecular complexity index is 975. The van der Waals surface area contributed by atoms with Crippen LogP contribution in [0.5, 0.6) is 0 Å². The Morgan fingerprint density at radius 3 is 2.76 bits per heavy atom. The van der Waals surface area contributed by atoms with Crippen molar-refractivity contribution >= 4 is 22.7 Å². The van der Waals surface area contributed by atoms with Gasteiger partial charge in [-0.2, -0.15) is 5.10 Å². The van der Waals surface area contributed by atoms with Gasteiger partial charge in [-0.1, -0.05) is 6.07 Å². The molecule has 1 aliphatic heterocycles. The van der Waals surface area contributed by atoms with Crippen molar-refractivity contribution < 1.29 is 13.6 Å². The van der Waals surface area contributed by atoms with Crippen molar-refractivity contribution in [1.29, 1.82) is 0 Å². The molecule has 0 spiro atoms. The van der Waals surface area contributed by atoms with E-state index < -0.39 is 11.6 Å². The van der Waals surface area contributed by atoms with E-state index in [1.807, 2.05) is 18.2 Å². The Morgan fingerprint density at radius 2 is 1.96 bits per heavy atom. The van der Waals surface area contributed by atoms with Gasteiger partial charge >= 0.3 is 0 Å². The number of hydrogen-bond acceptors (Lipinski definition) is 3. The van der Waals surface area contributed by atoms with Gasteiger partial charge in [-0.25, -0.2) is 18.8 Å². The Labute approximate surface area is 142 Å². The van der Waals surface area contributed by atoms with Gasteiger partial charge in [0.25, 0.3) is 0 Å². The Kier molecular flexibility index (Phi) is 3.76. The summed E-state index contributed by atoms with van der Waals surface area (Å²) in [6.45, 7) is 0.400. The third-order valence-electron chi connectivity index (χ3n) is 4.13. The van der Waals surface area contributed by atoms with Crippen molar-refractivity contribution in [3.05, 3.63) is 65.5 Å². The fourth-order valence-electron chi connectivity index (χ4n) is 2.91. The lowest BCUT2D eigenvalue weighted by molar-refractivity contribution is -0.130. The molecule has 4 rings (SSSR count). The van der Waals surface area contributed by atoms with E-state index in [1.54, 1.807) is 6.33 Å². The molecule has 126 valence electrons. The number of nitrogens with one attached hydrogen (secondary N) is 1. The number of nitrogens with zero attached hydrogens (tertiary/aromatic N) is 3. The zero-order valence-corrected chi connectivity index (χ0v) is 13.2. The SMILES string of the molecule is O=C(Cc1ccc2[nH]cnc2c1)N1CCC(c2cc(F)cc(F)c2)=N1. The minimum atomic E-state index is -0.658. The summed E-state index contributed by atoms with van der Waals surface area (Å²) in [5.74, 6) is -1.48. The van der Waals surface area contributed by atoms with Crippen LogP contribution in [0.3, 0.4) is 0 Å². The fourth-order valence-corrected chi connectivity index (χ4v) is 2.91. The molecule has 0 atom stereocenters. The van der Waals surface area contributed by atoms with E-state index in [2.05, 4.69) is 15.1 Å². The third kappa shape index (κ3) is 3.13. The molecular formula is C18H14F2N4O. The molecule has 0 radical (unpaired) electrons. The lowest BCUT2D eigenvalue weighted by Crippen LogP contribution is -2.25. The molecule has 0 bridgehead atoms. The summed E-state index contributed by atoms with van der Waals surface area (Å²) >= 11 is 0. The van der Waals surface area contributed by atoms with Crippen LogP contribution < -0.4 is 0 Å². The summed E-state index contributed by atoms with van der Waals surface area (Å²) in [6, 6.07) is 8.85. The Hall–Kier alpha value is -3.09. The van der Waals surface area contributed by atoms with Gasteiger partial charge in [0.15, 0.2) is 0 Å². The van der Waals surface area contributed by atoms with Gasteiger partial charge in [-0.05, 0) is 29.8 Å². The lowest BCUT2D eigenvalue weighted by atomic mass is 10.1. The van der Waals surface area contributed by atoms with Crippen LogP contribution in [0, 0.1) is 11.6 Å². The van der Waals surface area contributed by atoms with Crippen LogP contribution in [0.2, 0.25) is 0 Å². The fraction of sp³-hybridized carbons (Fsp3) is 0.167. The average Bonchev–Trinajstić information content (AvgIpc) is 3.23. The smallest absolute Gasteiger partial charge is 0.247 e. The Morgan fingerprint density at radius 1 is 1.16 bits per heavy atom. The zero-order valence-electron chi connectivity index (χ0n) is 13.2. The van der Waals surface area contributed by atoms with Crippen LogP contribution >= 0.6 is 0 Å². The van der Waals surface area contributed by atoms with Crippen LogP contribution in [0.25, 0.3) is 11.0 Å². The number of hydrogen-bond donors (Lipinski definition) is 1. The maximum Gasteiger partial charge on any atom is 0.247 e. The first-order valence-electron chi connectivity index (χ1n) is 7.85. The summed E-state index contributed by atoms with van der Waals surface area (Å²) in [5.41, 5.74) is 3.42. The van der Waals surface area contributed by atoms with Crippen LogP contribution in [-0.4, -0.2) is 33.1 Å². The summed E-state index contributed by atoms with van der Waals surface area (Å²) in [7, 11) is 0. The molecular weight excluding hydrogens is 326 g/mol. The molecule has 1 N–H and O–H groups in total. The molecule has 1 amide bonds. The first-order valence-corrected chi connectivity index (χ1v) is 7.85. The van der Waals surface area contributed by atoms with E-state index in [-0.39, 0.29) is 12.3 Å². The first kappa shape index (κ1) is 15.4. The summed E-state index contributed by atoms with van der Waals surface area (Å²) in [6.07, 6.45) is 2.26. The number of amides is 1. The minimum absolute atomic E-state index is 0.165. The summed E-state index contributed by atoms with van der Waals surface area (Å²) < 4.78 is 26.7. The monoisotopic (exact) mass is 340 g/mol. The zero-order chi connectivity index (χ0) is 17.4. The van der Waals surface area contributed by atoms with E-state index in [4.69, 9.17) is 0 Å². The number of rotatable bonds is 3. The van der Waals surface area contributed by atoms with Crippen molar-refractivity contribution in [3.63, 3.8) is 0 Å². The van der Waals surface area contributed by atoms with Crippen LogP contribution in [-0.2, 0) is 11.2 Å². The number of benzene rings is 2. The van der Waals surface area contributed by atoms with E-state index in [0.29, 0.717) is 24.2 Å². The van der Waals surface area contributed by atoms with Crippen molar-refractivity contribution in [1.82, 2.24) is 15.0 Å². The van der Waals surface area contributed by atoms with Gasteiger partial charge in [0.2, 0.25) is 5.91 Å². The van der Waals surface area contributed by atoms with Crippen molar-refractivity contribution in [2.75, 3.05) is 6.54 Å². The normalized spacial score (nSPS) is 14.2. The number of carbonyl (C=O) groups is 1. The van der Waals surface area contributed by atoms with Crippen LogP contribution in [0.4, 0.5) is 8.78 Å². The molecule has 0 fully saturated rings. The molecule has 3 aromatic rings. The molecule has 25 heavy (non-hydrogen) atoms. The molecule has 7 heteroatoms. The quantitative estimate of drug-likeness (QED) is 0.797. The predicted molar refractivity (Wildman–Crippen MR) is 89.0 cm³/mol. The molecule has 1 aliphatic rings. The minimum Gasteiger partial charge on any atom is -0.345 e. The van der Waals surface area contributed by atoms with Gasteiger partial charge in [-0.3, -0.25) is 4.79 Å². The first-order chi connectivity index (χ1) is 12.1. The summed E-state index contributed by atoms with van der Waals surface area (Å²) in [4.78, 5) is 19.6. The highest BCUT2D eigenvalue weighted by atomic mass is 19.1. The molecule has 2 aromatic carbocycles. The van der Waals surface area contributed by atoms with E-state index in [9.17, 15) is 13.6 Å². The van der Waals surface area contributed by atoms with Crippen molar-refractivity contribution in [2.45, 2.75) is 12.8 Å². The second-order valence-corrected chi connectivity index (χ2v) is 5.90. The Balaban J connectivity index is 1.51. The standard InChI is InChI=1S/C18H14F2N4O/c19-13-7-12(8-14(20)9-13)15-3-4-24(23-15)18(25)6-11-1-2-16-17(5-11)22-10-21-16/h1-2,5,7-10H,3-4,6H2,(H,21,22). The number of fused-ring (bicyclic) bond motifs is 1.